The second kappa shape index (κ2) is 9.30. The first-order valence-electron chi connectivity index (χ1n) is 8.47. The zero-order chi connectivity index (χ0) is 18.2. The van der Waals surface area contributed by atoms with Crippen LogP contribution in [0.1, 0.15) is 12.8 Å². The number of aromatic nitrogens is 1. The Morgan fingerprint density at radius 1 is 1.35 bits per heavy atom. The lowest BCUT2D eigenvalue weighted by Gasteiger charge is -2.24. The van der Waals surface area contributed by atoms with Crippen molar-refractivity contribution in [2.75, 3.05) is 31.6 Å². The van der Waals surface area contributed by atoms with E-state index in [0.29, 0.717) is 24.0 Å². The molecule has 0 spiro atoms. The molecular weight excluding hydrogens is 354 g/mol. The smallest absolute Gasteiger partial charge is 0.261 e. The molecule has 2 heterocycles. The van der Waals surface area contributed by atoms with E-state index in [2.05, 4.69) is 10.3 Å². The van der Waals surface area contributed by atoms with Gasteiger partial charge in [0.25, 0.3) is 5.91 Å². The van der Waals surface area contributed by atoms with Crippen LogP contribution in [-0.2, 0) is 14.3 Å². The first kappa shape index (κ1) is 18.3. The van der Waals surface area contributed by atoms with Crippen LogP contribution in [0, 0.1) is 0 Å². The first-order valence-corrected chi connectivity index (χ1v) is 9.35. The molecule has 1 unspecified atom stereocenters. The molecule has 3 rings (SSSR count). The van der Waals surface area contributed by atoms with E-state index < -0.39 is 0 Å². The summed E-state index contributed by atoms with van der Waals surface area (Å²) < 4.78 is 11.1. The summed E-state index contributed by atoms with van der Waals surface area (Å²) in [5.74, 6) is 0.0785. The van der Waals surface area contributed by atoms with Crippen LogP contribution < -0.4 is 10.1 Å². The lowest BCUT2D eigenvalue weighted by atomic mass is 10.2. The van der Waals surface area contributed by atoms with Crippen LogP contribution in [-0.4, -0.2) is 54.1 Å². The van der Waals surface area contributed by atoms with Crippen LogP contribution in [0.2, 0.25) is 0 Å². The van der Waals surface area contributed by atoms with Gasteiger partial charge >= 0.3 is 0 Å². The first-order chi connectivity index (χ1) is 12.7. The molecule has 1 N–H and O–H groups in total. The number of hydrogen-bond donors (Lipinski definition) is 1. The van der Waals surface area contributed by atoms with Crippen LogP contribution in [0.5, 0.6) is 5.75 Å². The van der Waals surface area contributed by atoms with Crippen molar-refractivity contribution in [3.05, 3.63) is 41.9 Å². The Morgan fingerprint density at radius 2 is 2.19 bits per heavy atom. The molecule has 1 aromatic carbocycles. The third-order valence-corrected chi connectivity index (χ3v) is 4.61. The van der Waals surface area contributed by atoms with E-state index >= 15 is 0 Å². The molecule has 0 aliphatic carbocycles. The second-order valence-electron chi connectivity index (χ2n) is 5.90. The summed E-state index contributed by atoms with van der Waals surface area (Å²) >= 11 is 1.33. The molecule has 0 bridgehead atoms. The highest BCUT2D eigenvalue weighted by atomic mass is 32.1. The normalized spacial score (nSPS) is 16.2. The molecule has 1 fully saturated rings. The molecule has 8 heteroatoms. The number of nitrogens with one attached hydrogen (secondary N) is 1. The Hall–Kier alpha value is -2.45. The zero-order valence-corrected chi connectivity index (χ0v) is 15.1. The number of rotatable bonds is 8. The third kappa shape index (κ3) is 5.53. The zero-order valence-electron chi connectivity index (χ0n) is 14.3. The summed E-state index contributed by atoms with van der Waals surface area (Å²) in [4.78, 5) is 30.4. The molecule has 26 heavy (non-hydrogen) atoms. The maximum atomic E-state index is 12.6. The molecule has 1 atom stereocenters. The summed E-state index contributed by atoms with van der Waals surface area (Å²) in [6.07, 6.45) is 3.43. The van der Waals surface area contributed by atoms with Gasteiger partial charge in [0.1, 0.15) is 12.3 Å². The van der Waals surface area contributed by atoms with Crippen molar-refractivity contribution < 1.29 is 19.1 Å². The van der Waals surface area contributed by atoms with Crippen LogP contribution in [0.3, 0.4) is 0 Å². The molecule has 1 aliphatic heterocycles. The molecule has 0 saturated carbocycles. The summed E-state index contributed by atoms with van der Waals surface area (Å²) in [7, 11) is 0. The minimum absolute atomic E-state index is 0.0386. The molecular formula is C18H21N3O4S. The molecule has 2 amide bonds. The van der Waals surface area contributed by atoms with Crippen molar-refractivity contribution in [1.29, 1.82) is 0 Å². The average Bonchev–Trinajstić information content (AvgIpc) is 3.34. The van der Waals surface area contributed by atoms with E-state index in [4.69, 9.17) is 9.47 Å². The van der Waals surface area contributed by atoms with E-state index in [1.54, 1.807) is 23.7 Å². The van der Waals surface area contributed by atoms with Gasteiger partial charge in [-0.1, -0.05) is 18.2 Å². The number of anilines is 1. The monoisotopic (exact) mass is 375 g/mol. The van der Waals surface area contributed by atoms with Gasteiger partial charge in [0.2, 0.25) is 5.91 Å². The topological polar surface area (TPSA) is 80.8 Å². The number of hydrogen-bond acceptors (Lipinski definition) is 6. The van der Waals surface area contributed by atoms with Crippen LogP contribution in [0.25, 0.3) is 0 Å². The van der Waals surface area contributed by atoms with Crippen molar-refractivity contribution in [1.82, 2.24) is 9.88 Å². The van der Waals surface area contributed by atoms with Crippen molar-refractivity contribution >= 4 is 28.3 Å². The van der Waals surface area contributed by atoms with E-state index in [0.717, 1.165) is 12.8 Å². The summed E-state index contributed by atoms with van der Waals surface area (Å²) in [6, 6.07) is 9.12. The van der Waals surface area contributed by atoms with Crippen LogP contribution >= 0.6 is 11.3 Å². The Balaban J connectivity index is 1.57. The van der Waals surface area contributed by atoms with Crippen LogP contribution in [0.4, 0.5) is 5.13 Å². The summed E-state index contributed by atoms with van der Waals surface area (Å²) in [6.45, 7) is 0.887. The Bertz CT molecular complexity index is 702. The highest BCUT2D eigenvalue weighted by Gasteiger charge is 2.25. The molecule has 138 valence electrons. The Morgan fingerprint density at radius 3 is 2.88 bits per heavy atom. The van der Waals surface area contributed by atoms with Gasteiger partial charge in [0.05, 0.1) is 6.10 Å². The van der Waals surface area contributed by atoms with Gasteiger partial charge in [0.15, 0.2) is 11.7 Å². The number of benzene rings is 1. The van der Waals surface area contributed by atoms with Gasteiger partial charge in [-0.3, -0.25) is 9.59 Å². The largest absolute Gasteiger partial charge is 0.484 e. The van der Waals surface area contributed by atoms with Crippen LogP contribution in [0.15, 0.2) is 41.9 Å². The molecule has 1 aromatic heterocycles. The number of nitrogens with zero attached hydrogens (tertiary/aromatic N) is 2. The fourth-order valence-electron chi connectivity index (χ4n) is 2.66. The number of carbonyl (C=O) groups is 2. The fourth-order valence-corrected chi connectivity index (χ4v) is 3.20. The van der Waals surface area contributed by atoms with Crippen molar-refractivity contribution in [2.24, 2.45) is 0 Å². The quantitative estimate of drug-likeness (QED) is 0.765. The van der Waals surface area contributed by atoms with Gasteiger partial charge in [-0.15, -0.1) is 11.3 Å². The lowest BCUT2D eigenvalue weighted by molar-refractivity contribution is -0.138. The minimum atomic E-state index is -0.286. The second-order valence-corrected chi connectivity index (χ2v) is 6.79. The van der Waals surface area contributed by atoms with Crippen molar-refractivity contribution in [3.8, 4) is 5.75 Å². The highest BCUT2D eigenvalue weighted by Crippen LogP contribution is 2.15. The molecule has 7 nitrogen and oxygen atoms in total. The van der Waals surface area contributed by atoms with E-state index in [1.807, 2.05) is 18.2 Å². The molecule has 1 aliphatic rings. The minimum Gasteiger partial charge on any atom is -0.484 e. The van der Waals surface area contributed by atoms with E-state index in [1.165, 1.54) is 16.2 Å². The number of carbonyl (C=O) groups excluding carboxylic acids is 2. The van der Waals surface area contributed by atoms with E-state index in [-0.39, 0.29) is 31.1 Å². The predicted molar refractivity (Wildman–Crippen MR) is 98.2 cm³/mol. The number of ether oxygens (including phenoxy) is 2. The SMILES string of the molecule is O=C(CN(CC1CCCO1)C(=O)COc1ccccc1)Nc1nccs1. The number of thiazole rings is 1. The maximum Gasteiger partial charge on any atom is 0.261 e. The van der Waals surface area contributed by atoms with Gasteiger partial charge in [-0.05, 0) is 25.0 Å². The van der Waals surface area contributed by atoms with Gasteiger partial charge in [0, 0.05) is 24.7 Å². The van der Waals surface area contributed by atoms with Gasteiger partial charge in [-0.2, -0.15) is 0 Å². The Kier molecular flexibility index (Phi) is 6.56. The standard InChI is InChI=1S/C18H21N3O4S/c22-16(20-18-19-8-10-26-18)12-21(11-15-7-4-9-24-15)17(23)13-25-14-5-2-1-3-6-14/h1-3,5-6,8,10,15H,4,7,9,11-13H2,(H,19,20,22). The summed E-state index contributed by atoms with van der Waals surface area (Å²) in [5, 5.41) is 4.99. The third-order valence-electron chi connectivity index (χ3n) is 3.92. The fraction of sp³-hybridized carbons (Fsp3) is 0.389. The Labute approximate surface area is 155 Å². The van der Waals surface area contributed by atoms with E-state index in [9.17, 15) is 9.59 Å². The maximum absolute atomic E-state index is 12.6. The lowest BCUT2D eigenvalue weighted by Crippen LogP contribution is -2.44. The molecule has 0 radical (unpaired) electrons. The number of para-hydroxylation sites is 1. The molecule has 1 saturated heterocycles. The highest BCUT2D eigenvalue weighted by molar-refractivity contribution is 7.13. The number of amides is 2. The predicted octanol–water partition coefficient (Wildman–Crippen LogP) is 2.17. The van der Waals surface area contributed by atoms with Gasteiger partial charge in [-0.25, -0.2) is 4.98 Å². The summed E-state index contributed by atoms with van der Waals surface area (Å²) in [5.41, 5.74) is 0. The van der Waals surface area contributed by atoms with Crippen molar-refractivity contribution in [2.45, 2.75) is 18.9 Å². The molecule has 2 aromatic rings. The average molecular weight is 375 g/mol. The van der Waals surface area contributed by atoms with Crippen molar-refractivity contribution in [3.63, 3.8) is 0 Å². The van der Waals surface area contributed by atoms with Gasteiger partial charge < -0.3 is 19.7 Å².